The molecule has 6 heteroatoms. The highest BCUT2D eigenvalue weighted by Gasteiger charge is 2.49. The summed E-state index contributed by atoms with van der Waals surface area (Å²) in [5, 5.41) is 0. The molecule has 0 radical (unpaired) electrons. The third-order valence-corrected chi connectivity index (χ3v) is 4.97. The fraction of sp³-hybridized carbons (Fsp3) is 0.733. The molecule has 6 nitrogen and oxygen atoms in total. The number of carbonyl (C=O) groups excluding carboxylic acids is 1. The summed E-state index contributed by atoms with van der Waals surface area (Å²) in [5.74, 6) is 0.0542. The molecule has 116 valence electrons. The summed E-state index contributed by atoms with van der Waals surface area (Å²) in [4.78, 5) is 21.0. The number of nitrogens with one attached hydrogen (secondary N) is 1. The Bertz CT molecular complexity index is 467. The zero-order valence-electron chi connectivity index (χ0n) is 12.5. The van der Waals surface area contributed by atoms with E-state index in [0.29, 0.717) is 30.4 Å². The van der Waals surface area contributed by atoms with E-state index in [1.807, 2.05) is 4.90 Å². The first-order valence-electron chi connectivity index (χ1n) is 7.63. The lowest BCUT2D eigenvalue weighted by atomic mass is 9.60. The molecule has 1 aliphatic carbocycles. The molecule has 3 rings (SSSR count). The van der Waals surface area contributed by atoms with E-state index in [4.69, 9.17) is 9.47 Å². The molecule has 2 heterocycles. The highest BCUT2D eigenvalue weighted by molar-refractivity contribution is 5.92. The molecule has 2 fully saturated rings. The number of nitrogens with zero attached hydrogens (tertiary/aromatic N) is 2. The normalized spacial score (nSPS) is 24.0. The van der Waals surface area contributed by atoms with E-state index >= 15 is 0 Å². The molecule has 0 aromatic carbocycles. The number of hydrogen-bond donors (Lipinski definition) is 1. The van der Waals surface area contributed by atoms with Crippen molar-refractivity contribution in [1.29, 1.82) is 0 Å². The van der Waals surface area contributed by atoms with Crippen LogP contribution in [0.4, 0.5) is 0 Å². The van der Waals surface area contributed by atoms with Crippen LogP contribution in [-0.4, -0.2) is 60.3 Å². The van der Waals surface area contributed by atoms with Crippen molar-refractivity contribution in [1.82, 2.24) is 14.9 Å². The molecule has 0 bridgehead atoms. The molecule has 1 aromatic heterocycles. The number of imidazole rings is 1. The Balaban J connectivity index is 1.52. The number of ether oxygens (including phenoxy) is 2. The van der Waals surface area contributed by atoms with Gasteiger partial charge in [0.05, 0.1) is 31.8 Å². The second kappa shape index (κ2) is 6.15. The third kappa shape index (κ3) is 2.82. The van der Waals surface area contributed by atoms with Crippen LogP contribution >= 0.6 is 0 Å². The van der Waals surface area contributed by atoms with E-state index < -0.39 is 0 Å². The zero-order valence-corrected chi connectivity index (χ0v) is 12.5. The van der Waals surface area contributed by atoms with Gasteiger partial charge in [0.1, 0.15) is 5.69 Å². The van der Waals surface area contributed by atoms with Crippen LogP contribution in [0, 0.1) is 5.41 Å². The number of aromatic nitrogens is 2. The number of rotatable bonds is 5. The van der Waals surface area contributed by atoms with Gasteiger partial charge in [-0.15, -0.1) is 0 Å². The predicted molar refractivity (Wildman–Crippen MR) is 77.0 cm³/mol. The lowest BCUT2D eigenvalue weighted by Gasteiger charge is -2.53. The third-order valence-electron chi connectivity index (χ3n) is 4.97. The van der Waals surface area contributed by atoms with Gasteiger partial charge in [0, 0.05) is 25.6 Å². The van der Waals surface area contributed by atoms with Crippen LogP contribution in [0.25, 0.3) is 0 Å². The van der Waals surface area contributed by atoms with Crippen molar-refractivity contribution in [2.24, 2.45) is 5.41 Å². The first kappa shape index (κ1) is 14.5. The number of aromatic amines is 1. The maximum Gasteiger partial charge on any atom is 0.271 e. The zero-order chi connectivity index (χ0) is 14.7. The van der Waals surface area contributed by atoms with E-state index in [2.05, 4.69) is 9.97 Å². The Morgan fingerprint density at radius 3 is 2.81 bits per heavy atom. The van der Waals surface area contributed by atoms with Gasteiger partial charge in [-0.25, -0.2) is 4.98 Å². The predicted octanol–water partition coefficient (Wildman–Crippen LogP) is 1.46. The first-order chi connectivity index (χ1) is 10.2. The maximum atomic E-state index is 12.3. The molecule has 1 aliphatic heterocycles. The lowest BCUT2D eigenvalue weighted by molar-refractivity contribution is -0.139. The summed E-state index contributed by atoms with van der Waals surface area (Å²) in [5.41, 5.74) is 0.867. The molecule has 1 aromatic rings. The topological polar surface area (TPSA) is 67.5 Å². The summed E-state index contributed by atoms with van der Waals surface area (Å²) in [7, 11) is 1.69. The van der Waals surface area contributed by atoms with Gasteiger partial charge in [-0.3, -0.25) is 4.79 Å². The van der Waals surface area contributed by atoms with E-state index in [-0.39, 0.29) is 5.91 Å². The van der Waals surface area contributed by atoms with Gasteiger partial charge in [0.15, 0.2) is 0 Å². The van der Waals surface area contributed by atoms with Crippen molar-refractivity contribution in [3.63, 3.8) is 0 Å². The van der Waals surface area contributed by atoms with Crippen molar-refractivity contribution in [3.8, 4) is 0 Å². The fourth-order valence-corrected chi connectivity index (χ4v) is 3.47. The van der Waals surface area contributed by atoms with E-state index in [1.165, 1.54) is 6.42 Å². The van der Waals surface area contributed by atoms with Crippen LogP contribution in [0.1, 0.15) is 36.2 Å². The van der Waals surface area contributed by atoms with E-state index in [0.717, 1.165) is 32.4 Å². The smallest absolute Gasteiger partial charge is 0.271 e. The minimum absolute atomic E-state index is 0.0542. The lowest BCUT2D eigenvalue weighted by Crippen LogP contribution is -2.54. The van der Waals surface area contributed by atoms with E-state index in [1.54, 1.807) is 19.6 Å². The summed E-state index contributed by atoms with van der Waals surface area (Å²) >= 11 is 0. The number of piperidine rings is 1. The van der Waals surface area contributed by atoms with Crippen LogP contribution in [-0.2, 0) is 9.47 Å². The molecular weight excluding hydrogens is 270 g/mol. The van der Waals surface area contributed by atoms with E-state index in [9.17, 15) is 4.79 Å². The molecule has 2 aliphatic rings. The van der Waals surface area contributed by atoms with Crippen molar-refractivity contribution in [2.45, 2.75) is 31.8 Å². The second-order valence-electron chi connectivity index (χ2n) is 6.01. The van der Waals surface area contributed by atoms with Crippen LogP contribution in [0.2, 0.25) is 0 Å². The summed E-state index contributed by atoms with van der Waals surface area (Å²) in [6, 6.07) is 0. The number of carbonyl (C=O) groups is 1. The van der Waals surface area contributed by atoms with Crippen molar-refractivity contribution in [3.05, 3.63) is 18.2 Å². The van der Waals surface area contributed by atoms with Crippen LogP contribution in [0.15, 0.2) is 12.5 Å². The maximum absolute atomic E-state index is 12.3. The SMILES string of the molecule is COCCOC1CCC12CCN(C(=O)c1cnc[nH]1)CC2. The first-order valence-corrected chi connectivity index (χ1v) is 7.63. The van der Waals surface area contributed by atoms with Crippen LogP contribution < -0.4 is 0 Å². The Labute approximate surface area is 124 Å². The minimum atomic E-state index is 0.0542. The molecule has 1 atom stereocenters. The van der Waals surface area contributed by atoms with Crippen molar-refractivity contribution < 1.29 is 14.3 Å². The van der Waals surface area contributed by atoms with Crippen LogP contribution in [0.5, 0.6) is 0 Å². The van der Waals surface area contributed by atoms with Gasteiger partial charge in [-0.2, -0.15) is 0 Å². The van der Waals surface area contributed by atoms with Gasteiger partial charge < -0.3 is 19.4 Å². The molecule has 1 unspecified atom stereocenters. The summed E-state index contributed by atoms with van der Waals surface area (Å²) in [6.45, 7) is 2.93. The number of amides is 1. The van der Waals surface area contributed by atoms with Gasteiger partial charge in [0.25, 0.3) is 5.91 Å². The Hall–Kier alpha value is -1.40. The number of methoxy groups -OCH3 is 1. The average molecular weight is 293 g/mol. The number of likely N-dealkylation sites (tertiary alicyclic amines) is 1. The minimum Gasteiger partial charge on any atom is -0.382 e. The molecule has 21 heavy (non-hydrogen) atoms. The van der Waals surface area contributed by atoms with Crippen LogP contribution in [0.3, 0.4) is 0 Å². The van der Waals surface area contributed by atoms with Gasteiger partial charge in [0.2, 0.25) is 0 Å². The molecule has 1 saturated heterocycles. The van der Waals surface area contributed by atoms with Gasteiger partial charge >= 0.3 is 0 Å². The van der Waals surface area contributed by atoms with Crippen molar-refractivity contribution in [2.75, 3.05) is 33.4 Å². The average Bonchev–Trinajstić information content (AvgIpc) is 3.04. The number of H-pyrrole nitrogens is 1. The molecular formula is C15H23N3O3. The molecule has 1 spiro atoms. The Morgan fingerprint density at radius 2 is 2.24 bits per heavy atom. The number of hydrogen-bond acceptors (Lipinski definition) is 4. The molecule has 1 amide bonds. The molecule has 1 N–H and O–H groups in total. The largest absolute Gasteiger partial charge is 0.382 e. The fourth-order valence-electron chi connectivity index (χ4n) is 3.47. The highest BCUT2D eigenvalue weighted by atomic mass is 16.5. The standard InChI is InChI=1S/C15H23N3O3/c1-20-8-9-21-13-2-3-15(13)4-6-18(7-5-15)14(19)12-10-16-11-17-12/h10-11,13H,2-9H2,1H3,(H,16,17). The van der Waals surface area contributed by atoms with Gasteiger partial charge in [-0.1, -0.05) is 0 Å². The highest BCUT2D eigenvalue weighted by Crippen LogP contribution is 2.50. The van der Waals surface area contributed by atoms with Crippen molar-refractivity contribution >= 4 is 5.91 Å². The quantitative estimate of drug-likeness (QED) is 0.835. The summed E-state index contributed by atoms with van der Waals surface area (Å²) in [6.07, 6.45) is 7.90. The molecule has 1 saturated carbocycles. The monoisotopic (exact) mass is 293 g/mol. The Kier molecular flexibility index (Phi) is 4.26. The van der Waals surface area contributed by atoms with Gasteiger partial charge in [-0.05, 0) is 25.7 Å². The Morgan fingerprint density at radius 1 is 1.43 bits per heavy atom. The second-order valence-corrected chi connectivity index (χ2v) is 6.01. The summed E-state index contributed by atoms with van der Waals surface area (Å²) < 4.78 is 11.0.